The van der Waals surface area contributed by atoms with E-state index >= 15 is 0 Å². The van der Waals surface area contributed by atoms with Crippen LogP contribution in [-0.2, 0) is 13.6 Å². The van der Waals surface area contributed by atoms with Gasteiger partial charge in [-0.2, -0.15) is 5.10 Å². The van der Waals surface area contributed by atoms with E-state index in [4.69, 9.17) is 9.26 Å². The number of rotatable bonds is 5. The highest BCUT2D eigenvalue weighted by Gasteiger charge is 2.21. The molecule has 3 heterocycles. The van der Waals surface area contributed by atoms with Crippen molar-refractivity contribution >= 4 is 17.0 Å². The van der Waals surface area contributed by atoms with Crippen LogP contribution in [0.1, 0.15) is 33.0 Å². The van der Waals surface area contributed by atoms with Crippen LogP contribution in [-0.4, -0.2) is 32.9 Å². The van der Waals surface area contributed by atoms with E-state index in [9.17, 15) is 4.79 Å². The molecular weight excluding hydrogens is 382 g/mol. The largest absolute Gasteiger partial charge is 0.497 e. The third-order valence-corrected chi connectivity index (χ3v) is 5.25. The van der Waals surface area contributed by atoms with E-state index in [2.05, 4.69) is 20.6 Å². The molecule has 0 bridgehead atoms. The highest BCUT2D eigenvalue weighted by atomic mass is 16.5. The van der Waals surface area contributed by atoms with Gasteiger partial charge in [-0.05, 0) is 39.0 Å². The Kier molecular flexibility index (Phi) is 4.99. The molecule has 4 aromatic rings. The van der Waals surface area contributed by atoms with Crippen LogP contribution in [0.3, 0.4) is 0 Å². The van der Waals surface area contributed by atoms with Crippen molar-refractivity contribution in [1.29, 1.82) is 0 Å². The second kappa shape index (κ2) is 7.62. The molecule has 154 valence electrons. The van der Waals surface area contributed by atoms with E-state index in [-0.39, 0.29) is 5.91 Å². The van der Waals surface area contributed by atoms with Crippen LogP contribution in [0.5, 0.6) is 5.75 Å². The molecule has 8 heteroatoms. The maximum Gasteiger partial charge on any atom is 0.259 e. The molecule has 4 rings (SSSR count). The molecule has 0 atom stereocenters. The number of nitrogens with zero attached hydrogens (tertiary/aromatic N) is 4. The van der Waals surface area contributed by atoms with Crippen molar-refractivity contribution < 1.29 is 14.1 Å². The lowest BCUT2D eigenvalue weighted by molar-refractivity contribution is 0.0952. The van der Waals surface area contributed by atoms with Gasteiger partial charge >= 0.3 is 0 Å². The van der Waals surface area contributed by atoms with Crippen LogP contribution < -0.4 is 10.1 Å². The van der Waals surface area contributed by atoms with Gasteiger partial charge in [0, 0.05) is 36.1 Å². The van der Waals surface area contributed by atoms with Crippen molar-refractivity contribution in [2.24, 2.45) is 7.05 Å². The summed E-state index contributed by atoms with van der Waals surface area (Å²) >= 11 is 0. The molecule has 1 aromatic carbocycles. The number of aromatic nitrogens is 4. The number of benzene rings is 1. The minimum absolute atomic E-state index is 0.222. The van der Waals surface area contributed by atoms with Gasteiger partial charge in [0.2, 0.25) is 0 Å². The zero-order valence-electron chi connectivity index (χ0n) is 17.6. The molecule has 0 fully saturated rings. The van der Waals surface area contributed by atoms with Gasteiger partial charge in [0.05, 0.1) is 23.8 Å². The number of carbonyl (C=O) groups is 1. The van der Waals surface area contributed by atoms with E-state index in [1.165, 1.54) is 0 Å². The number of methoxy groups -OCH3 is 1. The normalized spacial score (nSPS) is 11.1. The predicted molar refractivity (Wildman–Crippen MR) is 112 cm³/mol. The molecular formula is C22H23N5O3. The second-order valence-electron chi connectivity index (χ2n) is 7.21. The van der Waals surface area contributed by atoms with E-state index in [1.54, 1.807) is 13.2 Å². The Balaban J connectivity index is 1.74. The number of ether oxygens (including phenoxy) is 1. The Morgan fingerprint density at radius 3 is 2.73 bits per heavy atom. The lowest BCUT2D eigenvalue weighted by Crippen LogP contribution is -2.24. The monoisotopic (exact) mass is 405 g/mol. The Bertz CT molecular complexity index is 1260. The maximum atomic E-state index is 13.2. The fourth-order valence-corrected chi connectivity index (χ4v) is 3.56. The second-order valence-corrected chi connectivity index (χ2v) is 7.21. The molecule has 1 amide bonds. The zero-order chi connectivity index (χ0) is 21.4. The van der Waals surface area contributed by atoms with Gasteiger partial charge in [0.15, 0.2) is 0 Å². The molecule has 1 N–H and O–H groups in total. The average molecular weight is 405 g/mol. The van der Waals surface area contributed by atoms with Crippen LogP contribution in [0.25, 0.3) is 22.4 Å². The van der Waals surface area contributed by atoms with Crippen molar-refractivity contribution in [3.8, 4) is 17.0 Å². The van der Waals surface area contributed by atoms with Crippen LogP contribution in [0.4, 0.5) is 0 Å². The summed E-state index contributed by atoms with van der Waals surface area (Å²) in [6, 6.07) is 9.21. The Morgan fingerprint density at radius 1 is 1.23 bits per heavy atom. The summed E-state index contributed by atoms with van der Waals surface area (Å²) in [7, 11) is 3.49. The topological polar surface area (TPSA) is 95.1 Å². The number of aryl methyl sites for hydroxylation is 3. The summed E-state index contributed by atoms with van der Waals surface area (Å²) < 4.78 is 12.6. The zero-order valence-corrected chi connectivity index (χ0v) is 17.6. The van der Waals surface area contributed by atoms with Crippen LogP contribution in [0.2, 0.25) is 0 Å². The van der Waals surface area contributed by atoms with E-state index < -0.39 is 0 Å². The number of amides is 1. The third-order valence-electron chi connectivity index (χ3n) is 5.25. The number of carbonyl (C=O) groups excluding carboxylic acids is 1. The molecule has 3 aromatic heterocycles. The number of pyridine rings is 1. The minimum Gasteiger partial charge on any atom is -0.497 e. The molecule has 0 saturated carbocycles. The number of hydrogen-bond acceptors (Lipinski definition) is 6. The summed E-state index contributed by atoms with van der Waals surface area (Å²) in [5, 5.41) is 12.2. The van der Waals surface area contributed by atoms with Gasteiger partial charge in [-0.3, -0.25) is 9.48 Å². The number of fused-ring (bicyclic) bond motifs is 1. The maximum absolute atomic E-state index is 13.2. The predicted octanol–water partition coefficient (Wildman–Crippen LogP) is 3.49. The number of hydrogen-bond donors (Lipinski definition) is 1. The smallest absolute Gasteiger partial charge is 0.259 e. The lowest BCUT2D eigenvalue weighted by atomic mass is 10.0. The molecule has 30 heavy (non-hydrogen) atoms. The summed E-state index contributed by atoms with van der Waals surface area (Å²) in [5.41, 5.74) is 5.73. The first-order valence-electron chi connectivity index (χ1n) is 9.57. The van der Waals surface area contributed by atoms with E-state index in [0.717, 1.165) is 22.5 Å². The van der Waals surface area contributed by atoms with Crippen LogP contribution >= 0.6 is 0 Å². The summed E-state index contributed by atoms with van der Waals surface area (Å²) in [6.07, 6.45) is 0. The molecule has 0 spiro atoms. The molecule has 0 aliphatic carbocycles. The quantitative estimate of drug-likeness (QED) is 0.546. The Hall–Kier alpha value is -3.68. The van der Waals surface area contributed by atoms with Crippen molar-refractivity contribution in [3.05, 3.63) is 58.5 Å². The van der Waals surface area contributed by atoms with E-state index in [1.807, 2.05) is 56.8 Å². The standard InChI is InChI=1S/C22H23N5O3/c1-12-9-17(21(28)23-11-18-13(2)25-27(4)14(18)3)19-20(26-30-22(19)24-12)15-7-6-8-16(10-15)29-5/h6-10H,11H2,1-5H3,(H,23,28). The van der Waals surface area contributed by atoms with Gasteiger partial charge in [-0.1, -0.05) is 17.3 Å². The molecule has 8 nitrogen and oxygen atoms in total. The fraction of sp³-hybridized carbons (Fsp3) is 0.273. The average Bonchev–Trinajstić information content (AvgIpc) is 3.26. The van der Waals surface area contributed by atoms with Gasteiger partial charge in [0.25, 0.3) is 11.6 Å². The minimum atomic E-state index is -0.222. The van der Waals surface area contributed by atoms with E-state index in [0.29, 0.717) is 40.3 Å². The van der Waals surface area contributed by atoms with Crippen LogP contribution in [0, 0.1) is 20.8 Å². The first-order chi connectivity index (χ1) is 14.4. The van der Waals surface area contributed by atoms with Gasteiger partial charge in [-0.25, -0.2) is 4.98 Å². The highest BCUT2D eigenvalue weighted by Crippen LogP contribution is 2.32. The van der Waals surface area contributed by atoms with Crippen molar-refractivity contribution in [2.45, 2.75) is 27.3 Å². The molecule has 0 aliphatic heterocycles. The molecule has 0 unspecified atom stereocenters. The van der Waals surface area contributed by atoms with Gasteiger partial charge in [0.1, 0.15) is 11.4 Å². The van der Waals surface area contributed by atoms with Crippen molar-refractivity contribution in [1.82, 2.24) is 25.2 Å². The SMILES string of the molecule is COc1cccc(-c2noc3nc(C)cc(C(=O)NCc4c(C)nn(C)c4C)c23)c1. The first kappa shape index (κ1) is 19.6. The Labute approximate surface area is 173 Å². The number of nitrogens with one attached hydrogen (secondary N) is 1. The fourth-order valence-electron chi connectivity index (χ4n) is 3.56. The van der Waals surface area contributed by atoms with Gasteiger partial charge < -0.3 is 14.6 Å². The third kappa shape index (κ3) is 3.41. The first-order valence-corrected chi connectivity index (χ1v) is 9.57. The van der Waals surface area contributed by atoms with Gasteiger partial charge in [-0.15, -0.1) is 0 Å². The summed E-state index contributed by atoms with van der Waals surface area (Å²) in [4.78, 5) is 17.6. The van der Waals surface area contributed by atoms with Crippen LogP contribution in [0.15, 0.2) is 34.9 Å². The Morgan fingerprint density at radius 2 is 2.03 bits per heavy atom. The summed E-state index contributed by atoms with van der Waals surface area (Å²) in [5.74, 6) is 0.470. The molecule has 0 aliphatic rings. The van der Waals surface area contributed by atoms with Crippen molar-refractivity contribution in [3.63, 3.8) is 0 Å². The molecule has 0 saturated heterocycles. The molecule has 0 radical (unpaired) electrons. The summed E-state index contributed by atoms with van der Waals surface area (Å²) in [6.45, 7) is 6.12. The lowest BCUT2D eigenvalue weighted by Gasteiger charge is -2.08. The highest BCUT2D eigenvalue weighted by molar-refractivity contribution is 6.09. The van der Waals surface area contributed by atoms with Crippen molar-refractivity contribution in [2.75, 3.05) is 7.11 Å².